The Hall–Kier alpha value is -3.74. The number of nitrogens with one attached hydrogen (secondary N) is 2. The summed E-state index contributed by atoms with van der Waals surface area (Å²) < 4.78 is 55.9. The first kappa shape index (κ1) is 24.4. The van der Waals surface area contributed by atoms with E-state index in [0.717, 1.165) is 12.1 Å². The number of ketones is 1. The van der Waals surface area contributed by atoms with Crippen LogP contribution in [-0.4, -0.2) is 72.2 Å². The van der Waals surface area contributed by atoms with Gasteiger partial charge in [-0.25, -0.2) is 27.0 Å². The van der Waals surface area contributed by atoms with Crippen LogP contribution < -0.4 is 9.62 Å². The first-order valence-corrected chi connectivity index (χ1v) is 12.5. The molecule has 0 saturated carbocycles. The topological polar surface area (TPSA) is 136 Å². The maximum Gasteiger partial charge on any atom is 0.407 e. The molecule has 3 N–H and O–H groups in total. The molecule has 186 valence electrons. The molecule has 2 aromatic heterocycles. The maximum atomic E-state index is 15.1. The molecule has 1 saturated heterocycles. The molecule has 4 rings (SSSR count). The van der Waals surface area contributed by atoms with E-state index in [0.29, 0.717) is 49.3 Å². The van der Waals surface area contributed by atoms with Gasteiger partial charge in [-0.3, -0.25) is 9.52 Å². The molecule has 0 aliphatic carbocycles. The standard InChI is InChI=1S/C22H23F2N5O5S/c1-2-9-35(33,34)27-17-4-3-16(23)18(19(17)24)20(30)15-12-26-21-14(15)10-13(11-25-21)28-5-7-29(8-6-28)22(31)32/h3-4,10-12,27H,2,5-9H2,1H3,(H,25,26)(H,31,32). The number of carbonyl (C=O) groups is 2. The maximum absolute atomic E-state index is 15.1. The molecule has 1 aliphatic heterocycles. The smallest absolute Gasteiger partial charge is 0.407 e. The van der Waals surface area contributed by atoms with Gasteiger partial charge in [0, 0.05) is 43.3 Å². The van der Waals surface area contributed by atoms with E-state index in [1.54, 1.807) is 19.2 Å². The molecule has 1 aromatic carbocycles. The number of fused-ring (bicyclic) bond motifs is 1. The number of pyridine rings is 1. The van der Waals surface area contributed by atoms with Crippen LogP contribution in [0.1, 0.15) is 29.3 Å². The Balaban J connectivity index is 1.67. The average Bonchev–Trinajstić information content (AvgIpc) is 3.24. The van der Waals surface area contributed by atoms with Crippen LogP contribution in [0.15, 0.2) is 30.6 Å². The van der Waals surface area contributed by atoms with Gasteiger partial charge < -0.3 is 19.9 Å². The van der Waals surface area contributed by atoms with Crippen LogP contribution >= 0.6 is 0 Å². The number of sulfonamides is 1. The lowest BCUT2D eigenvalue weighted by atomic mass is 10.0. The van der Waals surface area contributed by atoms with Crippen molar-refractivity contribution in [3.05, 3.63) is 53.4 Å². The van der Waals surface area contributed by atoms with Gasteiger partial charge in [-0.1, -0.05) is 6.92 Å². The number of nitrogens with zero attached hydrogens (tertiary/aromatic N) is 3. The SMILES string of the molecule is CCCS(=O)(=O)Nc1ccc(F)c(C(=O)c2c[nH]c3ncc(N4CCN(C(=O)O)CC4)cc23)c1F. The first-order chi connectivity index (χ1) is 16.6. The van der Waals surface area contributed by atoms with E-state index in [4.69, 9.17) is 5.11 Å². The Bertz CT molecular complexity index is 1400. The number of carbonyl (C=O) groups excluding carboxylic acids is 1. The lowest BCUT2D eigenvalue weighted by molar-refractivity contribution is 0.103. The Morgan fingerprint density at radius 2 is 1.91 bits per heavy atom. The fourth-order valence-electron chi connectivity index (χ4n) is 3.97. The molecule has 1 fully saturated rings. The Kier molecular flexibility index (Phi) is 6.61. The summed E-state index contributed by atoms with van der Waals surface area (Å²) in [6.07, 6.45) is 2.15. The number of carboxylic acid groups (broad SMARTS) is 1. The van der Waals surface area contributed by atoms with Gasteiger partial charge in [-0.15, -0.1) is 0 Å². The highest BCUT2D eigenvalue weighted by Gasteiger charge is 2.27. The van der Waals surface area contributed by atoms with Gasteiger partial charge in [0.05, 0.1) is 28.9 Å². The molecule has 0 radical (unpaired) electrons. The largest absolute Gasteiger partial charge is 0.465 e. The van der Waals surface area contributed by atoms with Crippen molar-refractivity contribution in [1.82, 2.24) is 14.9 Å². The highest BCUT2D eigenvalue weighted by molar-refractivity contribution is 7.92. The molecule has 1 amide bonds. The fourth-order valence-corrected chi connectivity index (χ4v) is 5.10. The van der Waals surface area contributed by atoms with Crippen molar-refractivity contribution in [3.63, 3.8) is 0 Å². The van der Waals surface area contributed by atoms with Crippen molar-refractivity contribution in [2.45, 2.75) is 13.3 Å². The van der Waals surface area contributed by atoms with Crippen molar-refractivity contribution in [2.24, 2.45) is 0 Å². The van der Waals surface area contributed by atoms with Crippen molar-refractivity contribution < 1.29 is 31.9 Å². The summed E-state index contributed by atoms with van der Waals surface area (Å²) in [4.78, 5) is 34.6. The zero-order valence-corrected chi connectivity index (χ0v) is 19.5. The zero-order valence-electron chi connectivity index (χ0n) is 18.7. The van der Waals surface area contributed by atoms with Gasteiger partial charge in [0.2, 0.25) is 15.8 Å². The predicted molar refractivity (Wildman–Crippen MR) is 125 cm³/mol. The number of amides is 1. The molecule has 3 aromatic rings. The number of anilines is 2. The minimum absolute atomic E-state index is 0.0371. The molecular formula is C22H23F2N5O5S. The molecule has 0 spiro atoms. The number of hydrogen-bond donors (Lipinski definition) is 3. The second-order valence-electron chi connectivity index (χ2n) is 8.08. The quantitative estimate of drug-likeness (QED) is 0.418. The van der Waals surface area contributed by atoms with E-state index in [1.165, 1.54) is 11.1 Å². The summed E-state index contributed by atoms with van der Waals surface area (Å²) in [6, 6.07) is 3.41. The highest BCUT2D eigenvalue weighted by atomic mass is 32.2. The van der Waals surface area contributed by atoms with Crippen molar-refractivity contribution >= 4 is 44.3 Å². The molecule has 13 heteroatoms. The van der Waals surface area contributed by atoms with E-state index in [2.05, 4.69) is 14.7 Å². The minimum Gasteiger partial charge on any atom is -0.465 e. The molecule has 35 heavy (non-hydrogen) atoms. The normalized spacial score (nSPS) is 14.4. The van der Waals surface area contributed by atoms with E-state index in [-0.39, 0.29) is 11.3 Å². The monoisotopic (exact) mass is 507 g/mol. The van der Waals surface area contributed by atoms with Gasteiger partial charge in [0.1, 0.15) is 11.5 Å². The summed E-state index contributed by atoms with van der Waals surface area (Å²) in [5, 5.41) is 9.45. The van der Waals surface area contributed by atoms with Crippen LogP contribution in [0.5, 0.6) is 0 Å². The van der Waals surface area contributed by atoms with Crippen LogP contribution in [0.4, 0.5) is 25.0 Å². The summed E-state index contributed by atoms with van der Waals surface area (Å²) in [5.41, 5.74) is -0.494. The molecule has 0 bridgehead atoms. The van der Waals surface area contributed by atoms with Crippen molar-refractivity contribution in [2.75, 3.05) is 41.6 Å². The molecule has 0 unspecified atom stereocenters. The number of hydrogen-bond acceptors (Lipinski definition) is 6. The van der Waals surface area contributed by atoms with Gasteiger partial charge in [0.15, 0.2) is 5.82 Å². The van der Waals surface area contributed by atoms with Crippen molar-refractivity contribution in [1.29, 1.82) is 0 Å². The third kappa shape index (κ3) is 4.90. The van der Waals surface area contributed by atoms with Crippen LogP contribution in [0.25, 0.3) is 11.0 Å². The van der Waals surface area contributed by atoms with Crippen LogP contribution in [0.3, 0.4) is 0 Å². The predicted octanol–water partition coefficient (Wildman–Crippen LogP) is 3.02. The third-order valence-electron chi connectivity index (χ3n) is 5.73. The second-order valence-corrected chi connectivity index (χ2v) is 9.92. The van der Waals surface area contributed by atoms with Gasteiger partial charge in [-0.05, 0) is 24.6 Å². The third-order valence-corrected chi connectivity index (χ3v) is 7.21. The van der Waals surface area contributed by atoms with Crippen molar-refractivity contribution in [3.8, 4) is 0 Å². The lowest BCUT2D eigenvalue weighted by Gasteiger charge is -2.34. The van der Waals surface area contributed by atoms with Crippen LogP contribution in [0.2, 0.25) is 0 Å². The fraction of sp³-hybridized carbons (Fsp3) is 0.318. The minimum atomic E-state index is -3.86. The Morgan fingerprint density at radius 1 is 1.20 bits per heavy atom. The lowest BCUT2D eigenvalue weighted by Crippen LogP contribution is -2.48. The van der Waals surface area contributed by atoms with Crippen LogP contribution in [0, 0.1) is 11.6 Å². The number of piperazine rings is 1. The number of H-pyrrole nitrogens is 1. The Labute approximate surface area is 199 Å². The summed E-state index contributed by atoms with van der Waals surface area (Å²) in [5.74, 6) is -3.67. The molecule has 0 atom stereocenters. The highest BCUT2D eigenvalue weighted by Crippen LogP contribution is 2.29. The number of halogens is 2. The molecule has 10 nitrogen and oxygen atoms in total. The average molecular weight is 508 g/mol. The molecule has 1 aliphatic rings. The second kappa shape index (κ2) is 9.49. The van der Waals surface area contributed by atoms with Gasteiger partial charge in [0.25, 0.3) is 0 Å². The Morgan fingerprint density at radius 3 is 2.57 bits per heavy atom. The van der Waals surface area contributed by atoms with Gasteiger partial charge >= 0.3 is 6.09 Å². The van der Waals surface area contributed by atoms with E-state index in [9.17, 15) is 22.4 Å². The summed E-state index contributed by atoms with van der Waals surface area (Å²) in [6.45, 7) is 3.06. The summed E-state index contributed by atoms with van der Waals surface area (Å²) in [7, 11) is -3.86. The number of aromatic nitrogens is 2. The van der Waals surface area contributed by atoms with Gasteiger partial charge in [-0.2, -0.15) is 0 Å². The van der Waals surface area contributed by atoms with E-state index < -0.39 is 44.8 Å². The number of aromatic amines is 1. The zero-order chi connectivity index (χ0) is 25.3. The molecule has 3 heterocycles. The number of benzene rings is 1. The molecular weight excluding hydrogens is 484 g/mol. The van der Waals surface area contributed by atoms with E-state index >= 15 is 4.39 Å². The summed E-state index contributed by atoms with van der Waals surface area (Å²) >= 11 is 0. The van der Waals surface area contributed by atoms with Crippen LogP contribution in [-0.2, 0) is 10.0 Å². The number of rotatable bonds is 7. The first-order valence-electron chi connectivity index (χ1n) is 10.8. The van der Waals surface area contributed by atoms with E-state index in [1.807, 2.05) is 4.90 Å².